The number of anilines is 2. The molecule has 1 saturated heterocycles. The summed E-state index contributed by atoms with van der Waals surface area (Å²) in [6, 6.07) is 1.94. The Morgan fingerprint density at radius 3 is 2.74 bits per heavy atom. The molecule has 0 spiro atoms. The summed E-state index contributed by atoms with van der Waals surface area (Å²) in [5.41, 5.74) is 8.58. The molecular formula is C12H20N6O. The molecule has 0 atom stereocenters. The Morgan fingerprint density at radius 1 is 1.47 bits per heavy atom. The van der Waals surface area contributed by atoms with Crippen molar-refractivity contribution >= 4 is 17.7 Å². The number of hydrazine groups is 1. The number of aryl methyl sites for hydroxylation is 1. The van der Waals surface area contributed by atoms with Gasteiger partial charge in [0.2, 0.25) is 11.9 Å². The van der Waals surface area contributed by atoms with Crippen LogP contribution in [0.5, 0.6) is 0 Å². The van der Waals surface area contributed by atoms with E-state index in [1.807, 2.05) is 13.0 Å². The smallest absolute Gasteiger partial charge is 0.239 e. The van der Waals surface area contributed by atoms with Gasteiger partial charge < -0.3 is 10.6 Å². The largest absolute Gasteiger partial charge is 0.370 e. The van der Waals surface area contributed by atoms with Crippen LogP contribution in [-0.2, 0) is 4.79 Å². The first kappa shape index (κ1) is 13.5. The fourth-order valence-electron chi connectivity index (χ4n) is 2.43. The molecule has 0 aliphatic carbocycles. The van der Waals surface area contributed by atoms with E-state index in [1.165, 1.54) is 0 Å². The number of primary amides is 1. The highest BCUT2D eigenvalue weighted by Crippen LogP contribution is 2.24. The van der Waals surface area contributed by atoms with Gasteiger partial charge in [0.05, 0.1) is 0 Å². The number of nitrogen functional groups attached to an aromatic ring is 1. The minimum atomic E-state index is -0.217. The summed E-state index contributed by atoms with van der Waals surface area (Å²) in [5, 5.41) is 0. The molecule has 1 fully saturated rings. The van der Waals surface area contributed by atoms with Crippen molar-refractivity contribution in [2.75, 3.05) is 23.4 Å². The van der Waals surface area contributed by atoms with Crippen molar-refractivity contribution in [1.82, 2.24) is 9.97 Å². The van der Waals surface area contributed by atoms with Gasteiger partial charge in [0, 0.05) is 31.3 Å². The molecule has 104 valence electrons. The summed E-state index contributed by atoms with van der Waals surface area (Å²) in [4.78, 5) is 21.6. The first-order valence-electron chi connectivity index (χ1n) is 6.44. The lowest BCUT2D eigenvalue weighted by Crippen LogP contribution is -2.35. The number of carbonyl (C=O) groups is 1. The van der Waals surface area contributed by atoms with E-state index in [9.17, 15) is 4.79 Å². The Bertz CT molecular complexity index is 456. The second-order valence-corrected chi connectivity index (χ2v) is 4.94. The van der Waals surface area contributed by atoms with Crippen molar-refractivity contribution in [3.63, 3.8) is 0 Å². The quantitative estimate of drug-likeness (QED) is 0.528. The number of nitrogens with zero attached hydrogens (tertiary/aromatic N) is 3. The highest BCUT2D eigenvalue weighted by molar-refractivity contribution is 5.74. The Balaban J connectivity index is 2.01. The van der Waals surface area contributed by atoms with Crippen LogP contribution >= 0.6 is 0 Å². The fourth-order valence-corrected chi connectivity index (χ4v) is 2.43. The monoisotopic (exact) mass is 264 g/mol. The molecule has 0 bridgehead atoms. The van der Waals surface area contributed by atoms with Gasteiger partial charge in [0.15, 0.2) is 0 Å². The first-order valence-corrected chi connectivity index (χ1v) is 6.44. The number of nitrogens with one attached hydrogen (secondary N) is 1. The summed E-state index contributed by atoms with van der Waals surface area (Å²) in [6.07, 6.45) is 2.39. The Hall–Kier alpha value is -1.89. The van der Waals surface area contributed by atoms with Gasteiger partial charge in [-0.1, -0.05) is 0 Å². The van der Waals surface area contributed by atoms with Crippen LogP contribution < -0.4 is 21.9 Å². The van der Waals surface area contributed by atoms with Gasteiger partial charge in [0.1, 0.15) is 5.82 Å². The number of rotatable bonds is 4. The minimum absolute atomic E-state index is 0.217. The summed E-state index contributed by atoms with van der Waals surface area (Å²) in [5.74, 6) is 6.82. The zero-order valence-electron chi connectivity index (χ0n) is 11.1. The second kappa shape index (κ2) is 5.83. The minimum Gasteiger partial charge on any atom is -0.370 e. The molecule has 0 saturated carbocycles. The maximum atomic E-state index is 10.9. The van der Waals surface area contributed by atoms with Crippen molar-refractivity contribution in [2.24, 2.45) is 17.5 Å². The molecule has 19 heavy (non-hydrogen) atoms. The van der Waals surface area contributed by atoms with Crippen LogP contribution in [0.1, 0.15) is 25.0 Å². The molecule has 2 heterocycles. The molecule has 0 radical (unpaired) electrons. The normalized spacial score (nSPS) is 16.4. The number of carbonyl (C=O) groups excluding carboxylic acids is 1. The standard InChI is InChI=1S/C12H20N6O/c1-8-6-11(16-12(15-8)17-14)18-4-2-9(3-5-18)7-10(13)19/h6,9H,2-5,7,14H2,1H3,(H2,13,19)(H,15,16,17). The summed E-state index contributed by atoms with van der Waals surface area (Å²) >= 11 is 0. The van der Waals surface area contributed by atoms with Crippen LogP contribution in [0, 0.1) is 12.8 Å². The zero-order valence-corrected chi connectivity index (χ0v) is 11.1. The second-order valence-electron chi connectivity index (χ2n) is 4.94. The topological polar surface area (TPSA) is 110 Å². The lowest BCUT2D eigenvalue weighted by Gasteiger charge is -2.32. The van der Waals surface area contributed by atoms with Gasteiger partial charge in [-0.05, 0) is 25.7 Å². The van der Waals surface area contributed by atoms with E-state index in [-0.39, 0.29) is 5.91 Å². The molecule has 7 heteroatoms. The molecule has 2 rings (SSSR count). The lowest BCUT2D eigenvalue weighted by molar-refractivity contribution is -0.119. The Labute approximate surface area is 112 Å². The SMILES string of the molecule is Cc1cc(N2CCC(CC(N)=O)CC2)nc(NN)n1. The van der Waals surface area contributed by atoms with E-state index >= 15 is 0 Å². The summed E-state index contributed by atoms with van der Waals surface area (Å²) in [7, 11) is 0. The Morgan fingerprint density at radius 2 is 2.16 bits per heavy atom. The third kappa shape index (κ3) is 3.54. The molecule has 7 nitrogen and oxygen atoms in total. The predicted molar refractivity (Wildman–Crippen MR) is 73.3 cm³/mol. The predicted octanol–water partition coefficient (Wildman–Crippen LogP) is 0.162. The average Bonchev–Trinajstić information content (AvgIpc) is 2.38. The van der Waals surface area contributed by atoms with E-state index in [0.29, 0.717) is 18.3 Å². The molecule has 5 N–H and O–H groups in total. The molecule has 1 aromatic heterocycles. The van der Waals surface area contributed by atoms with E-state index in [4.69, 9.17) is 11.6 Å². The lowest BCUT2D eigenvalue weighted by atomic mass is 9.93. The van der Waals surface area contributed by atoms with E-state index in [2.05, 4.69) is 20.3 Å². The molecule has 1 amide bonds. The molecule has 0 unspecified atom stereocenters. The maximum Gasteiger partial charge on any atom is 0.239 e. The zero-order chi connectivity index (χ0) is 13.8. The summed E-state index contributed by atoms with van der Waals surface area (Å²) in [6.45, 7) is 3.66. The third-order valence-electron chi connectivity index (χ3n) is 3.40. The molecule has 1 aliphatic heterocycles. The van der Waals surface area contributed by atoms with E-state index in [1.54, 1.807) is 0 Å². The van der Waals surface area contributed by atoms with Crippen LogP contribution in [0.3, 0.4) is 0 Å². The van der Waals surface area contributed by atoms with Crippen LogP contribution in [0.25, 0.3) is 0 Å². The van der Waals surface area contributed by atoms with Crippen LogP contribution in [0.2, 0.25) is 0 Å². The van der Waals surface area contributed by atoms with Gasteiger partial charge in [0.25, 0.3) is 0 Å². The van der Waals surface area contributed by atoms with E-state index < -0.39 is 0 Å². The molecular weight excluding hydrogens is 244 g/mol. The number of hydrogen-bond acceptors (Lipinski definition) is 6. The van der Waals surface area contributed by atoms with Gasteiger partial charge in [-0.2, -0.15) is 4.98 Å². The number of hydrogen-bond donors (Lipinski definition) is 3. The van der Waals surface area contributed by atoms with Gasteiger partial charge in [-0.25, -0.2) is 10.8 Å². The first-order chi connectivity index (χ1) is 9.08. The van der Waals surface area contributed by atoms with Crippen molar-refractivity contribution in [3.05, 3.63) is 11.8 Å². The fraction of sp³-hybridized carbons (Fsp3) is 0.583. The van der Waals surface area contributed by atoms with Crippen molar-refractivity contribution < 1.29 is 4.79 Å². The van der Waals surface area contributed by atoms with Crippen molar-refractivity contribution in [1.29, 1.82) is 0 Å². The van der Waals surface area contributed by atoms with E-state index in [0.717, 1.165) is 37.4 Å². The summed E-state index contributed by atoms with van der Waals surface area (Å²) < 4.78 is 0. The van der Waals surface area contributed by atoms with Crippen molar-refractivity contribution in [3.8, 4) is 0 Å². The molecule has 0 aromatic carbocycles. The number of amides is 1. The number of piperidine rings is 1. The van der Waals surface area contributed by atoms with Gasteiger partial charge in [-0.15, -0.1) is 0 Å². The highest BCUT2D eigenvalue weighted by atomic mass is 16.1. The molecule has 1 aliphatic rings. The number of nitrogens with two attached hydrogens (primary N) is 2. The number of aromatic nitrogens is 2. The van der Waals surface area contributed by atoms with Crippen molar-refractivity contribution in [2.45, 2.75) is 26.2 Å². The highest BCUT2D eigenvalue weighted by Gasteiger charge is 2.22. The van der Waals surface area contributed by atoms with Crippen LogP contribution in [0.4, 0.5) is 11.8 Å². The third-order valence-corrected chi connectivity index (χ3v) is 3.40. The Kier molecular flexibility index (Phi) is 4.16. The maximum absolute atomic E-state index is 10.9. The van der Waals surface area contributed by atoms with Gasteiger partial charge >= 0.3 is 0 Å². The van der Waals surface area contributed by atoms with Crippen LogP contribution in [0.15, 0.2) is 6.07 Å². The van der Waals surface area contributed by atoms with Gasteiger partial charge in [-0.3, -0.25) is 10.2 Å². The van der Waals surface area contributed by atoms with Crippen LogP contribution in [-0.4, -0.2) is 29.0 Å². The average molecular weight is 264 g/mol. The molecule has 1 aromatic rings.